The van der Waals surface area contributed by atoms with Gasteiger partial charge in [0.2, 0.25) is 0 Å². The molecule has 0 saturated carbocycles. The predicted molar refractivity (Wildman–Crippen MR) is 125 cm³/mol. The highest BCUT2D eigenvalue weighted by Gasteiger charge is 2.12. The lowest BCUT2D eigenvalue weighted by Crippen LogP contribution is -2.09. The van der Waals surface area contributed by atoms with Crippen LogP contribution in [-0.4, -0.2) is 15.7 Å². The maximum Gasteiger partial charge on any atom is 0.265 e. The Kier molecular flexibility index (Phi) is 6.18. The minimum atomic E-state index is -0.141. The number of benzene rings is 2. The second-order valence-corrected chi connectivity index (χ2v) is 8.61. The summed E-state index contributed by atoms with van der Waals surface area (Å²) in [4.78, 5) is 13.3. The third-order valence-electron chi connectivity index (χ3n) is 5.03. The van der Waals surface area contributed by atoms with Crippen LogP contribution in [0.4, 0.5) is 5.69 Å². The summed E-state index contributed by atoms with van der Waals surface area (Å²) in [6, 6.07) is 16.3. The van der Waals surface area contributed by atoms with Crippen molar-refractivity contribution in [2.24, 2.45) is 0 Å². The monoisotopic (exact) mass is 431 g/mol. The number of hydrogen-bond acceptors (Lipinski definition) is 4. The fourth-order valence-corrected chi connectivity index (χ4v) is 4.13. The van der Waals surface area contributed by atoms with Gasteiger partial charge < -0.3 is 10.1 Å². The average Bonchev–Trinajstić information content (AvgIpc) is 3.39. The molecule has 6 heteroatoms. The standard InChI is InChI=1S/C25H25N3O2S/c1-17-7-9-20(10-8-17)13-28-14-22(12-26-28)27-25(29)23-11-21(16-31-23)15-30-24-18(2)5-4-6-19(24)3/h4-12,14,16H,13,15H2,1-3H3,(H,27,29). The van der Waals surface area contributed by atoms with E-state index in [1.54, 1.807) is 6.20 Å². The van der Waals surface area contributed by atoms with Gasteiger partial charge in [-0.05, 0) is 48.9 Å². The maximum absolute atomic E-state index is 12.6. The number of amides is 1. The van der Waals surface area contributed by atoms with Crippen molar-refractivity contribution in [3.8, 4) is 5.75 Å². The Balaban J connectivity index is 1.35. The number of nitrogens with zero attached hydrogens (tertiary/aromatic N) is 2. The average molecular weight is 432 g/mol. The van der Waals surface area contributed by atoms with E-state index in [4.69, 9.17) is 4.74 Å². The van der Waals surface area contributed by atoms with Crippen LogP contribution in [0.2, 0.25) is 0 Å². The lowest BCUT2D eigenvalue weighted by Gasteiger charge is -2.10. The Morgan fingerprint density at radius 2 is 1.81 bits per heavy atom. The Morgan fingerprint density at radius 1 is 1.06 bits per heavy atom. The molecule has 0 unspecified atom stereocenters. The van der Waals surface area contributed by atoms with E-state index in [1.165, 1.54) is 22.5 Å². The Hall–Kier alpha value is -3.38. The number of anilines is 1. The van der Waals surface area contributed by atoms with Gasteiger partial charge in [-0.3, -0.25) is 9.48 Å². The summed E-state index contributed by atoms with van der Waals surface area (Å²) in [5.41, 5.74) is 6.27. The third kappa shape index (κ3) is 5.22. The first-order valence-corrected chi connectivity index (χ1v) is 11.0. The van der Waals surface area contributed by atoms with Crippen LogP contribution >= 0.6 is 11.3 Å². The number of ether oxygens (including phenoxy) is 1. The topological polar surface area (TPSA) is 56.2 Å². The van der Waals surface area contributed by atoms with Crippen LogP contribution in [-0.2, 0) is 13.2 Å². The number of carbonyl (C=O) groups is 1. The van der Waals surface area contributed by atoms with Gasteiger partial charge in [-0.15, -0.1) is 11.3 Å². The van der Waals surface area contributed by atoms with Gasteiger partial charge in [-0.25, -0.2) is 0 Å². The molecule has 5 nitrogen and oxygen atoms in total. The normalized spacial score (nSPS) is 10.8. The first-order chi connectivity index (χ1) is 15.0. The number of para-hydroxylation sites is 1. The smallest absolute Gasteiger partial charge is 0.265 e. The summed E-state index contributed by atoms with van der Waals surface area (Å²) in [5.74, 6) is 0.763. The molecule has 0 aliphatic heterocycles. The van der Waals surface area contributed by atoms with Gasteiger partial charge in [0.25, 0.3) is 5.91 Å². The number of nitrogens with one attached hydrogen (secondary N) is 1. The Bertz CT molecular complexity index is 1170. The molecular formula is C25H25N3O2S. The van der Waals surface area contributed by atoms with Crippen LogP contribution in [0, 0.1) is 20.8 Å². The highest BCUT2D eigenvalue weighted by molar-refractivity contribution is 7.12. The van der Waals surface area contributed by atoms with Gasteiger partial charge >= 0.3 is 0 Å². The van der Waals surface area contributed by atoms with Gasteiger partial charge in [0.15, 0.2) is 0 Å². The van der Waals surface area contributed by atoms with Crippen LogP contribution in [0.5, 0.6) is 5.75 Å². The third-order valence-corrected chi connectivity index (χ3v) is 6.00. The Labute approximate surface area is 186 Å². The van der Waals surface area contributed by atoms with Crippen molar-refractivity contribution < 1.29 is 9.53 Å². The van der Waals surface area contributed by atoms with Gasteiger partial charge in [0.05, 0.1) is 23.3 Å². The first-order valence-electron chi connectivity index (χ1n) is 10.1. The molecule has 1 N–H and O–H groups in total. The SMILES string of the molecule is Cc1ccc(Cn2cc(NC(=O)c3cc(COc4c(C)cccc4C)cs3)cn2)cc1. The lowest BCUT2D eigenvalue weighted by molar-refractivity contribution is 0.103. The molecule has 4 aromatic rings. The minimum absolute atomic E-state index is 0.141. The summed E-state index contributed by atoms with van der Waals surface area (Å²) in [6.07, 6.45) is 3.51. The van der Waals surface area contributed by atoms with Crippen molar-refractivity contribution in [3.63, 3.8) is 0 Å². The molecule has 0 atom stereocenters. The van der Waals surface area contributed by atoms with Crippen LogP contribution in [0.25, 0.3) is 0 Å². The molecule has 2 aromatic heterocycles. The van der Waals surface area contributed by atoms with Crippen molar-refractivity contribution in [2.75, 3.05) is 5.32 Å². The van der Waals surface area contributed by atoms with Gasteiger partial charge in [-0.1, -0.05) is 48.0 Å². The molecule has 0 aliphatic carbocycles. The molecule has 31 heavy (non-hydrogen) atoms. The summed E-state index contributed by atoms with van der Waals surface area (Å²) in [7, 11) is 0. The molecule has 0 bridgehead atoms. The summed E-state index contributed by atoms with van der Waals surface area (Å²) >= 11 is 1.41. The van der Waals surface area contributed by atoms with E-state index in [0.717, 1.165) is 22.4 Å². The van der Waals surface area contributed by atoms with Gasteiger partial charge in [0, 0.05) is 11.8 Å². The van der Waals surface area contributed by atoms with E-state index >= 15 is 0 Å². The van der Waals surface area contributed by atoms with Crippen LogP contribution < -0.4 is 10.1 Å². The predicted octanol–water partition coefficient (Wildman–Crippen LogP) is 5.75. The molecule has 0 aliphatic rings. The van der Waals surface area contributed by atoms with Crippen LogP contribution in [0.3, 0.4) is 0 Å². The quantitative estimate of drug-likeness (QED) is 0.405. The molecule has 4 rings (SSSR count). The van der Waals surface area contributed by atoms with Crippen LogP contribution in [0.1, 0.15) is 37.5 Å². The Morgan fingerprint density at radius 3 is 2.55 bits per heavy atom. The molecule has 2 heterocycles. The molecule has 0 fully saturated rings. The second kappa shape index (κ2) is 9.18. The highest BCUT2D eigenvalue weighted by atomic mass is 32.1. The first kappa shape index (κ1) is 20.9. The summed E-state index contributed by atoms with van der Waals surface area (Å²) in [5, 5.41) is 9.24. The number of rotatable bonds is 7. The van der Waals surface area contributed by atoms with Crippen molar-refractivity contribution in [1.82, 2.24) is 9.78 Å². The van der Waals surface area contributed by atoms with Crippen molar-refractivity contribution >= 4 is 22.9 Å². The van der Waals surface area contributed by atoms with E-state index in [0.29, 0.717) is 23.7 Å². The van der Waals surface area contributed by atoms with E-state index in [-0.39, 0.29) is 5.91 Å². The van der Waals surface area contributed by atoms with E-state index < -0.39 is 0 Å². The number of aryl methyl sites for hydroxylation is 3. The fraction of sp³-hybridized carbons (Fsp3) is 0.200. The summed E-state index contributed by atoms with van der Waals surface area (Å²) < 4.78 is 7.81. The van der Waals surface area contributed by atoms with E-state index in [1.807, 2.05) is 54.4 Å². The molecule has 0 radical (unpaired) electrons. The summed E-state index contributed by atoms with van der Waals surface area (Å²) in [6.45, 7) is 7.23. The lowest BCUT2D eigenvalue weighted by atomic mass is 10.1. The van der Waals surface area contributed by atoms with Crippen molar-refractivity contribution in [2.45, 2.75) is 33.9 Å². The number of aromatic nitrogens is 2. The van der Waals surface area contributed by atoms with Crippen molar-refractivity contribution in [1.29, 1.82) is 0 Å². The molecule has 2 aromatic carbocycles. The molecule has 158 valence electrons. The number of hydrogen-bond donors (Lipinski definition) is 1. The van der Waals surface area contributed by atoms with E-state index in [2.05, 4.69) is 41.6 Å². The van der Waals surface area contributed by atoms with Gasteiger partial charge in [0.1, 0.15) is 12.4 Å². The van der Waals surface area contributed by atoms with Crippen LogP contribution in [0.15, 0.2) is 66.3 Å². The number of thiophene rings is 1. The zero-order valence-corrected chi connectivity index (χ0v) is 18.7. The minimum Gasteiger partial charge on any atom is -0.488 e. The molecule has 0 spiro atoms. The fourth-order valence-electron chi connectivity index (χ4n) is 3.34. The highest BCUT2D eigenvalue weighted by Crippen LogP contribution is 2.25. The zero-order chi connectivity index (χ0) is 21.8. The van der Waals surface area contributed by atoms with Crippen molar-refractivity contribution in [3.05, 3.63) is 99.0 Å². The number of carbonyl (C=O) groups excluding carboxylic acids is 1. The largest absolute Gasteiger partial charge is 0.488 e. The molecular weight excluding hydrogens is 406 g/mol. The molecule has 0 saturated heterocycles. The maximum atomic E-state index is 12.6. The van der Waals surface area contributed by atoms with Gasteiger partial charge in [-0.2, -0.15) is 5.10 Å². The second-order valence-electron chi connectivity index (χ2n) is 7.70. The van der Waals surface area contributed by atoms with E-state index in [9.17, 15) is 4.79 Å². The molecule has 1 amide bonds. The zero-order valence-electron chi connectivity index (χ0n) is 17.9.